The van der Waals surface area contributed by atoms with E-state index in [1.165, 1.54) is 12.8 Å². The van der Waals surface area contributed by atoms with Crippen LogP contribution in [0.1, 0.15) is 41.6 Å². The van der Waals surface area contributed by atoms with Crippen molar-refractivity contribution in [2.24, 2.45) is 5.92 Å². The Morgan fingerprint density at radius 2 is 2.00 bits per heavy atom. The fourth-order valence-electron chi connectivity index (χ4n) is 2.22. The number of hydrogen-bond acceptors (Lipinski definition) is 1. The van der Waals surface area contributed by atoms with Gasteiger partial charge in [0.05, 0.1) is 0 Å². The number of rotatable bonds is 2. The molecule has 1 aromatic carbocycles. The molecule has 0 aromatic heterocycles. The van der Waals surface area contributed by atoms with Crippen LogP contribution in [0.15, 0.2) is 22.7 Å². The lowest BCUT2D eigenvalue weighted by Crippen LogP contribution is -2.11. The van der Waals surface area contributed by atoms with Gasteiger partial charge in [-0.2, -0.15) is 0 Å². The van der Waals surface area contributed by atoms with Crippen molar-refractivity contribution >= 4 is 21.7 Å². The molecule has 0 heterocycles. The molecule has 80 valence electrons. The Kier molecular flexibility index (Phi) is 3.25. The Morgan fingerprint density at radius 1 is 1.33 bits per heavy atom. The van der Waals surface area contributed by atoms with Crippen LogP contribution < -0.4 is 0 Å². The lowest BCUT2D eigenvalue weighted by Gasteiger charge is -2.08. The minimum atomic E-state index is 0.283. The zero-order valence-corrected chi connectivity index (χ0v) is 10.5. The smallest absolute Gasteiger partial charge is 0.165 e. The van der Waals surface area contributed by atoms with Crippen LogP contribution in [0.3, 0.4) is 0 Å². The van der Waals surface area contributed by atoms with Gasteiger partial charge in [0, 0.05) is 16.0 Å². The average Bonchev–Trinajstić information content (AvgIpc) is 2.74. The highest BCUT2D eigenvalue weighted by molar-refractivity contribution is 9.10. The SMILES string of the molecule is Cc1cc(C(=O)C2CCCC2)ccc1Br. The maximum absolute atomic E-state index is 12.1. The molecule has 0 unspecified atom stereocenters. The van der Waals surface area contributed by atoms with Crippen molar-refractivity contribution in [1.82, 2.24) is 0 Å². The first-order valence-corrected chi connectivity index (χ1v) is 6.28. The van der Waals surface area contributed by atoms with Crippen molar-refractivity contribution in [3.63, 3.8) is 0 Å². The molecule has 0 spiro atoms. The van der Waals surface area contributed by atoms with Crippen LogP contribution in [-0.4, -0.2) is 5.78 Å². The second-order valence-electron chi connectivity index (χ2n) is 4.31. The lowest BCUT2D eigenvalue weighted by molar-refractivity contribution is 0.0923. The zero-order valence-electron chi connectivity index (χ0n) is 8.92. The summed E-state index contributed by atoms with van der Waals surface area (Å²) < 4.78 is 1.07. The molecule has 0 atom stereocenters. The summed E-state index contributed by atoms with van der Waals surface area (Å²) in [5, 5.41) is 0. The van der Waals surface area contributed by atoms with E-state index in [1.54, 1.807) is 0 Å². The van der Waals surface area contributed by atoms with Gasteiger partial charge in [-0.1, -0.05) is 34.8 Å². The third-order valence-corrected chi connectivity index (χ3v) is 4.06. The number of benzene rings is 1. The van der Waals surface area contributed by atoms with Crippen LogP contribution in [0.25, 0.3) is 0 Å². The number of aryl methyl sites for hydroxylation is 1. The fraction of sp³-hybridized carbons (Fsp3) is 0.462. The van der Waals surface area contributed by atoms with Crippen molar-refractivity contribution < 1.29 is 4.79 Å². The molecule has 0 bridgehead atoms. The summed E-state index contributed by atoms with van der Waals surface area (Å²) in [5.74, 6) is 0.619. The van der Waals surface area contributed by atoms with Gasteiger partial charge in [-0.25, -0.2) is 0 Å². The summed E-state index contributed by atoms with van der Waals surface area (Å²) in [4.78, 5) is 12.1. The van der Waals surface area contributed by atoms with E-state index in [9.17, 15) is 4.79 Å². The third-order valence-electron chi connectivity index (χ3n) is 3.17. The molecule has 2 heteroatoms. The van der Waals surface area contributed by atoms with E-state index in [-0.39, 0.29) is 5.92 Å². The van der Waals surface area contributed by atoms with Crippen molar-refractivity contribution in [1.29, 1.82) is 0 Å². The molecule has 0 radical (unpaired) electrons. The number of carbonyl (C=O) groups is 1. The standard InChI is InChI=1S/C13H15BrO/c1-9-8-11(6-7-12(9)14)13(15)10-4-2-3-5-10/h6-8,10H,2-5H2,1H3. The fourth-order valence-corrected chi connectivity index (χ4v) is 2.47. The van der Waals surface area contributed by atoms with Gasteiger partial charge in [0.2, 0.25) is 0 Å². The van der Waals surface area contributed by atoms with E-state index < -0.39 is 0 Å². The van der Waals surface area contributed by atoms with Crippen LogP contribution >= 0.6 is 15.9 Å². The Morgan fingerprint density at radius 3 is 2.60 bits per heavy atom. The van der Waals surface area contributed by atoms with Crippen LogP contribution in [0.4, 0.5) is 0 Å². The molecular formula is C13H15BrO. The predicted molar refractivity (Wildman–Crippen MR) is 65.2 cm³/mol. The summed E-state index contributed by atoms with van der Waals surface area (Å²) in [6.45, 7) is 2.02. The van der Waals surface area contributed by atoms with Crippen LogP contribution in [0.2, 0.25) is 0 Å². The third kappa shape index (κ3) is 2.31. The Hall–Kier alpha value is -0.630. The molecular weight excluding hydrogens is 252 g/mol. The van der Waals surface area contributed by atoms with Gasteiger partial charge in [-0.3, -0.25) is 4.79 Å². The van der Waals surface area contributed by atoms with Gasteiger partial charge < -0.3 is 0 Å². The second kappa shape index (κ2) is 4.48. The zero-order chi connectivity index (χ0) is 10.8. The highest BCUT2D eigenvalue weighted by atomic mass is 79.9. The molecule has 1 aliphatic rings. The van der Waals surface area contributed by atoms with Gasteiger partial charge >= 0.3 is 0 Å². The number of ketones is 1. The maximum atomic E-state index is 12.1. The minimum absolute atomic E-state index is 0.283. The number of Topliss-reactive ketones (excluding diaryl/α,β-unsaturated/α-hetero) is 1. The Bertz CT molecular complexity index is 378. The molecule has 0 aliphatic heterocycles. The summed E-state index contributed by atoms with van der Waals surface area (Å²) in [6.07, 6.45) is 4.58. The topological polar surface area (TPSA) is 17.1 Å². The van der Waals surface area contributed by atoms with Gasteiger partial charge in [0.15, 0.2) is 5.78 Å². The first-order chi connectivity index (χ1) is 7.18. The van der Waals surface area contributed by atoms with E-state index in [1.807, 2.05) is 25.1 Å². The summed E-state index contributed by atoms with van der Waals surface area (Å²) >= 11 is 3.45. The lowest BCUT2D eigenvalue weighted by atomic mass is 9.95. The predicted octanol–water partition coefficient (Wildman–Crippen LogP) is 4.13. The molecule has 0 saturated heterocycles. The first-order valence-electron chi connectivity index (χ1n) is 5.49. The molecule has 0 N–H and O–H groups in total. The van der Waals surface area contributed by atoms with Gasteiger partial charge in [0.25, 0.3) is 0 Å². The van der Waals surface area contributed by atoms with Gasteiger partial charge in [-0.05, 0) is 37.5 Å². The van der Waals surface area contributed by atoms with Crippen molar-refractivity contribution in [2.75, 3.05) is 0 Å². The van der Waals surface area contributed by atoms with Gasteiger partial charge in [0.1, 0.15) is 0 Å². The molecule has 1 aromatic rings. The minimum Gasteiger partial charge on any atom is -0.294 e. The van der Waals surface area contributed by atoms with E-state index in [0.717, 1.165) is 28.4 Å². The summed E-state index contributed by atoms with van der Waals surface area (Å²) in [7, 11) is 0. The maximum Gasteiger partial charge on any atom is 0.165 e. The summed E-state index contributed by atoms with van der Waals surface area (Å²) in [5.41, 5.74) is 2.02. The molecule has 1 saturated carbocycles. The van der Waals surface area contributed by atoms with Crippen molar-refractivity contribution in [3.05, 3.63) is 33.8 Å². The van der Waals surface area contributed by atoms with E-state index in [4.69, 9.17) is 0 Å². The van der Waals surface area contributed by atoms with E-state index in [0.29, 0.717) is 5.78 Å². The Labute approximate surface area is 99.0 Å². The Balaban J connectivity index is 2.21. The van der Waals surface area contributed by atoms with Crippen molar-refractivity contribution in [3.8, 4) is 0 Å². The monoisotopic (exact) mass is 266 g/mol. The molecule has 0 amide bonds. The number of carbonyl (C=O) groups excluding carboxylic acids is 1. The quantitative estimate of drug-likeness (QED) is 0.736. The van der Waals surface area contributed by atoms with Crippen LogP contribution in [-0.2, 0) is 0 Å². The normalized spacial score (nSPS) is 16.9. The highest BCUT2D eigenvalue weighted by Gasteiger charge is 2.23. The number of hydrogen-bond donors (Lipinski definition) is 0. The first kappa shape index (κ1) is 10.9. The molecule has 15 heavy (non-hydrogen) atoms. The average molecular weight is 267 g/mol. The summed E-state index contributed by atoms with van der Waals surface area (Å²) in [6, 6.07) is 5.89. The van der Waals surface area contributed by atoms with Crippen molar-refractivity contribution in [2.45, 2.75) is 32.6 Å². The van der Waals surface area contributed by atoms with E-state index in [2.05, 4.69) is 15.9 Å². The highest BCUT2D eigenvalue weighted by Crippen LogP contribution is 2.29. The second-order valence-corrected chi connectivity index (χ2v) is 5.16. The molecule has 1 aliphatic carbocycles. The molecule has 1 nitrogen and oxygen atoms in total. The van der Waals surface area contributed by atoms with Gasteiger partial charge in [-0.15, -0.1) is 0 Å². The van der Waals surface area contributed by atoms with Crippen LogP contribution in [0, 0.1) is 12.8 Å². The largest absolute Gasteiger partial charge is 0.294 e. The van der Waals surface area contributed by atoms with E-state index >= 15 is 0 Å². The molecule has 2 rings (SSSR count). The molecule has 1 fully saturated rings. The van der Waals surface area contributed by atoms with Crippen LogP contribution in [0.5, 0.6) is 0 Å². The number of halogens is 1.